The molecule has 8 nitrogen and oxygen atoms in total. The van der Waals surface area contributed by atoms with Crippen LogP contribution in [0.2, 0.25) is 0 Å². The Labute approximate surface area is 127 Å². The zero-order chi connectivity index (χ0) is 15.8. The molecule has 0 unspecified atom stereocenters. The first kappa shape index (κ1) is 15.2. The highest BCUT2D eigenvalue weighted by atomic mass is 16.6. The molecule has 1 heterocycles. The van der Waals surface area contributed by atoms with Gasteiger partial charge in [0.15, 0.2) is 5.71 Å². The van der Waals surface area contributed by atoms with Crippen molar-refractivity contribution < 1.29 is 9.68 Å². The van der Waals surface area contributed by atoms with E-state index < -0.39 is 0 Å². The molecule has 22 heavy (non-hydrogen) atoms. The molecule has 0 fully saturated rings. The smallest absolute Gasteiger partial charge is 0.203 e. The highest BCUT2D eigenvalue weighted by molar-refractivity contribution is 6.11. The van der Waals surface area contributed by atoms with Crippen molar-refractivity contribution >= 4 is 11.9 Å². The highest BCUT2D eigenvalue weighted by Crippen LogP contribution is 2.15. The molecule has 0 atom stereocenters. The van der Waals surface area contributed by atoms with Crippen LogP contribution in [0.5, 0.6) is 0 Å². The van der Waals surface area contributed by atoms with Crippen LogP contribution >= 0.6 is 0 Å². The highest BCUT2D eigenvalue weighted by Gasteiger charge is 2.16. The van der Waals surface area contributed by atoms with Crippen molar-refractivity contribution in [2.75, 3.05) is 7.11 Å². The van der Waals surface area contributed by atoms with E-state index in [1.807, 2.05) is 24.3 Å². The summed E-state index contributed by atoms with van der Waals surface area (Å²) in [7, 11) is 1.45. The maximum Gasteiger partial charge on any atom is 0.203 e. The van der Waals surface area contributed by atoms with Crippen molar-refractivity contribution in [3.8, 4) is 6.07 Å². The first-order valence-electron chi connectivity index (χ1n) is 6.38. The van der Waals surface area contributed by atoms with E-state index in [1.54, 1.807) is 13.0 Å². The molecule has 1 aromatic carbocycles. The predicted molar refractivity (Wildman–Crippen MR) is 79.1 cm³/mol. The molecule has 1 N–H and O–H groups in total. The quantitative estimate of drug-likeness (QED) is 0.642. The minimum absolute atomic E-state index is 0.181. The summed E-state index contributed by atoms with van der Waals surface area (Å²) in [5.74, 6) is 1.10. The molecule has 0 aliphatic rings. The van der Waals surface area contributed by atoms with E-state index in [4.69, 9.17) is 14.9 Å². The standard InChI is InChI=1S/C14H14N6O2/c1-10-17-14(19-18-10)13(20-21-2)12-6-4-3-5-11(12)9-22-16-8-7-15/h3-6,8H,9H2,1-2H3,(H,17,18,19)/b16-8-,20-13+. The molecule has 0 saturated heterocycles. The lowest BCUT2D eigenvalue weighted by Crippen LogP contribution is -2.10. The second-order valence-electron chi connectivity index (χ2n) is 4.16. The molecule has 0 amide bonds. The molecular weight excluding hydrogens is 284 g/mol. The Morgan fingerprint density at radius 2 is 2.27 bits per heavy atom. The van der Waals surface area contributed by atoms with Gasteiger partial charge in [0.25, 0.3) is 0 Å². The Morgan fingerprint density at radius 1 is 1.45 bits per heavy atom. The Kier molecular flexibility index (Phi) is 5.20. The summed E-state index contributed by atoms with van der Waals surface area (Å²) in [6.07, 6.45) is 1.02. The number of hydrogen-bond acceptors (Lipinski definition) is 7. The number of oxime groups is 2. The number of nitriles is 1. The number of aromatic nitrogens is 3. The Hall–Kier alpha value is -3.21. The summed E-state index contributed by atoms with van der Waals surface area (Å²) >= 11 is 0. The largest absolute Gasteiger partial charge is 0.399 e. The monoisotopic (exact) mass is 298 g/mol. The third-order valence-corrected chi connectivity index (χ3v) is 2.67. The van der Waals surface area contributed by atoms with Gasteiger partial charge in [-0.1, -0.05) is 34.6 Å². The maximum atomic E-state index is 8.39. The van der Waals surface area contributed by atoms with Gasteiger partial charge in [-0.3, -0.25) is 5.10 Å². The molecule has 1 aromatic heterocycles. The summed E-state index contributed by atoms with van der Waals surface area (Å²) in [6.45, 7) is 1.98. The molecule has 0 saturated carbocycles. The van der Waals surface area contributed by atoms with Gasteiger partial charge in [0.1, 0.15) is 31.8 Å². The van der Waals surface area contributed by atoms with Crippen molar-refractivity contribution in [3.05, 3.63) is 47.0 Å². The van der Waals surface area contributed by atoms with Gasteiger partial charge in [-0.2, -0.15) is 10.4 Å². The van der Waals surface area contributed by atoms with E-state index in [9.17, 15) is 0 Å². The van der Waals surface area contributed by atoms with E-state index in [-0.39, 0.29) is 6.61 Å². The third kappa shape index (κ3) is 3.67. The van der Waals surface area contributed by atoms with Crippen LogP contribution in [0.1, 0.15) is 22.8 Å². The molecule has 0 aliphatic heterocycles. The van der Waals surface area contributed by atoms with Gasteiger partial charge in [0.05, 0.1) is 0 Å². The summed E-state index contributed by atoms with van der Waals surface area (Å²) < 4.78 is 0. The van der Waals surface area contributed by atoms with E-state index in [0.717, 1.165) is 17.3 Å². The Morgan fingerprint density at radius 3 is 2.95 bits per heavy atom. The summed E-state index contributed by atoms with van der Waals surface area (Å²) in [4.78, 5) is 14.2. The minimum Gasteiger partial charge on any atom is -0.399 e. The molecule has 0 radical (unpaired) electrons. The zero-order valence-corrected chi connectivity index (χ0v) is 12.1. The van der Waals surface area contributed by atoms with Gasteiger partial charge < -0.3 is 9.68 Å². The average molecular weight is 298 g/mol. The fourth-order valence-electron chi connectivity index (χ4n) is 1.80. The first-order valence-corrected chi connectivity index (χ1v) is 6.38. The van der Waals surface area contributed by atoms with E-state index >= 15 is 0 Å². The van der Waals surface area contributed by atoms with Crippen LogP contribution in [0.3, 0.4) is 0 Å². The number of rotatable bonds is 6. The van der Waals surface area contributed by atoms with Crippen molar-refractivity contribution in [1.82, 2.24) is 15.2 Å². The second-order valence-corrected chi connectivity index (χ2v) is 4.16. The molecule has 2 rings (SSSR count). The van der Waals surface area contributed by atoms with Crippen LogP contribution in [0.4, 0.5) is 0 Å². The molecular formula is C14H14N6O2. The van der Waals surface area contributed by atoms with Crippen LogP contribution in [0, 0.1) is 18.3 Å². The number of aryl methyl sites for hydroxylation is 1. The van der Waals surface area contributed by atoms with Crippen molar-refractivity contribution in [3.63, 3.8) is 0 Å². The molecule has 0 spiro atoms. The normalized spacial score (nSPS) is 11.4. The molecule has 112 valence electrons. The van der Waals surface area contributed by atoms with Gasteiger partial charge in [-0.15, -0.1) is 0 Å². The lowest BCUT2D eigenvalue weighted by atomic mass is 10.0. The van der Waals surface area contributed by atoms with Crippen LogP contribution in [0.25, 0.3) is 0 Å². The number of nitrogens with zero attached hydrogens (tertiary/aromatic N) is 5. The summed E-state index contributed by atoms with van der Waals surface area (Å²) in [5.41, 5.74) is 2.06. The number of H-pyrrole nitrogens is 1. The van der Waals surface area contributed by atoms with Gasteiger partial charge in [0, 0.05) is 11.1 Å². The summed E-state index contributed by atoms with van der Waals surface area (Å²) in [5, 5.41) is 22.8. The van der Waals surface area contributed by atoms with Gasteiger partial charge in [0.2, 0.25) is 5.82 Å². The lowest BCUT2D eigenvalue weighted by molar-refractivity contribution is 0.132. The molecule has 8 heteroatoms. The van der Waals surface area contributed by atoms with Crippen LogP contribution in [-0.4, -0.2) is 34.2 Å². The Bertz CT molecular complexity index is 729. The number of benzene rings is 1. The van der Waals surface area contributed by atoms with Crippen molar-refractivity contribution in [2.24, 2.45) is 10.3 Å². The van der Waals surface area contributed by atoms with Gasteiger partial charge in [-0.05, 0) is 6.92 Å². The van der Waals surface area contributed by atoms with Gasteiger partial charge >= 0.3 is 0 Å². The van der Waals surface area contributed by atoms with Crippen LogP contribution < -0.4 is 0 Å². The van der Waals surface area contributed by atoms with E-state index in [0.29, 0.717) is 17.4 Å². The second kappa shape index (κ2) is 7.54. The molecule has 0 bridgehead atoms. The first-order chi connectivity index (χ1) is 10.8. The van der Waals surface area contributed by atoms with E-state index in [2.05, 4.69) is 25.5 Å². The molecule has 0 aliphatic carbocycles. The third-order valence-electron chi connectivity index (χ3n) is 2.67. The Balaban J connectivity index is 2.34. The fraction of sp³-hybridized carbons (Fsp3) is 0.214. The predicted octanol–water partition coefficient (Wildman–Crippen LogP) is 1.54. The number of hydrogen-bond donors (Lipinski definition) is 1. The lowest BCUT2D eigenvalue weighted by Gasteiger charge is -2.08. The van der Waals surface area contributed by atoms with Crippen LogP contribution in [-0.2, 0) is 16.3 Å². The summed E-state index contributed by atoms with van der Waals surface area (Å²) in [6, 6.07) is 9.20. The average Bonchev–Trinajstić information content (AvgIpc) is 2.96. The minimum atomic E-state index is 0.181. The zero-order valence-electron chi connectivity index (χ0n) is 12.1. The van der Waals surface area contributed by atoms with Crippen LogP contribution in [0.15, 0.2) is 34.6 Å². The fourth-order valence-corrected chi connectivity index (χ4v) is 1.80. The van der Waals surface area contributed by atoms with Gasteiger partial charge in [-0.25, -0.2) is 4.98 Å². The van der Waals surface area contributed by atoms with Crippen molar-refractivity contribution in [2.45, 2.75) is 13.5 Å². The SMILES string of the molecule is CO/N=C(/c1n[nH]c(C)n1)c1ccccc1CO/N=C\C#N. The topological polar surface area (TPSA) is 109 Å². The number of aromatic amines is 1. The molecule has 2 aromatic rings. The number of nitrogens with one attached hydrogen (secondary N) is 1. The van der Waals surface area contributed by atoms with Crippen molar-refractivity contribution in [1.29, 1.82) is 5.26 Å². The maximum absolute atomic E-state index is 8.39. The van der Waals surface area contributed by atoms with E-state index in [1.165, 1.54) is 7.11 Å².